The summed E-state index contributed by atoms with van der Waals surface area (Å²) in [5.74, 6) is -0.284. The van der Waals surface area contributed by atoms with E-state index >= 15 is 0 Å². The quantitative estimate of drug-likeness (QED) is 0.385. The predicted octanol–water partition coefficient (Wildman–Crippen LogP) is 1.03. The monoisotopic (exact) mass is 285 g/mol. The minimum Gasteiger partial charge on any atom is -0.266 e. The number of nitro benzene ring substituents is 1. The molecule has 7 heteroatoms. The molecule has 0 aliphatic heterocycles. The van der Waals surface area contributed by atoms with Crippen LogP contribution < -0.4 is 9.99 Å². The molecule has 0 aliphatic carbocycles. The number of aromatic nitrogens is 1. The van der Waals surface area contributed by atoms with E-state index < -0.39 is 4.92 Å². The van der Waals surface area contributed by atoms with E-state index in [0.29, 0.717) is 5.56 Å². The van der Waals surface area contributed by atoms with Gasteiger partial charge < -0.3 is 0 Å². The molecule has 2 rings (SSSR count). The van der Waals surface area contributed by atoms with Crippen LogP contribution in [0.2, 0.25) is 0 Å². The summed E-state index contributed by atoms with van der Waals surface area (Å²) < 4.78 is 1.71. The van der Waals surface area contributed by atoms with Crippen LogP contribution in [0.15, 0.2) is 60.0 Å². The van der Waals surface area contributed by atoms with Gasteiger partial charge in [0.1, 0.15) is 0 Å². The molecule has 1 N–H and O–H groups in total. The molecule has 21 heavy (non-hydrogen) atoms. The van der Waals surface area contributed by atoms with Crippen molar-refractivity contribution in [3.05, 3.63) is 70.5 Å². The summed E-state index contributed by atoms with van der Waals surface area (Å²) in [4.78, 5) is 21.8. The van der Waals surface area contributed by atoms with E-state index in [1.54, 1.807) is 29.1 Å². The zero-order valence-electron chi connectivity index (χ0n) is 11.0. The van der Waals surface area contributed by atoms with Gasteiger partial charge in [-0.1, -0.05) is 18.2 Å². The molecule has 0 radical (unpaired) electrons. The van der Waals surface area contributed by atoms with Gasteiger partial charge in [0.15, 0.2) is 12.4 Å². The number of rotatable bonds is 5. The normalized spacial score (nSPS) is 10.5. The van der Waals surface area contributed by atoms with Gasteiger partial charge in [0.25, 0.3) is 5.69 Å². The van der Waals surface area contributed by atoms with E-state index in [2.05, 4.69) is 10.5 Å². The van der Waals surface area contributed by atoms with E-state index in [-0.39, 0.29) is 18.1 Å². The highest BCUT2D eigenvalue weighted by Gasteiger charge is 2.07. The molecule has 2 aromatic rings. The molecule has 0 fully saturated rings. The van der Waals surface area contributed by atoms with Crippen molar-refractivity contribution in [2.45, 2.75) is 6.54 Å². The number of hydrazone groups is 1. The van der Waals surface area contributed by atoms with Crippen molar-refractivity contribution >= 4 is 17.8 Å². The van der Waals surface area contributed by atoms with Gasteiger partial charge in [-0.25, -0.2) is 5.43 Å². The third-order valence-corrected chi connectivity index (χ3v) is 2.59. The number of hydrogen-bond acceptors (Lipinski definition) is 4. The summed E-state index contributed by atoms with van der Waals surface area (Å²) in [6.45, 7) is 0.146. The van der Waals surface area contributed by atoms with Gasteiger partial charge in [0, 0.05) is 29.8 Å². The summed E-state index contributed by atoms with van der Waals surface area (Å²) in [7, 11) is 0. The molecule has 0 aliphatic rings. The lowest BCUT2D eigenvalue weighted by Crippen LogP contribution is -2.40. The number of benzene rings is 1. The summed E-state index contributed by atoms with van der Waals surface area (Å²) in [5.41, 5.74) is 2.88. The van der Waals surface area contributed by atoms with Gasteiger partial charge in [0.2, 0.25) is 6.54 Å². The third kappa shape index (κ3) is 4.50. The maximum atomic E-state index is 11.6. The van der Waals surface area contributed by atoms with Crippen LogP contribution in [0.1, 0.15) is 5.56 Å². The van der Waals surface area contributed by atoms with E-state index in [1.165, 1.54) is 18.3 Å². The zero-order chi connectivity index (χ0) is 15.1. The maximum Gasteiger partial charge on any atom is 0.305 e. The number of nitrogens with zero attached hydrogens (tertiary/aromatic N) is 3. The molecule has 1 aromatic heterocycles. The van der Waals surface area contributed by atoms with Crippen LogP contribution in [0.25, 0.3) is 0 Å². The second kappa shape index (κ2) is 6.90. The Labute approximate surface area is 120 Å². The first kappa shape index (κ1) is 14.3. The Hall–Kier alpha value is -3.09. The number of amides is 1. The molecule has 0 bridgehead atoms. The van der Waals surface area contributed by atoms with Crippen LogP contribution in [0.3, 0.4) is 0 Å². The van der Waals surface area contributed by atoms with E-state index in [4.69, 9.17) is 0 Å². The SMILES string of the molecule is O=C(C[n+]1ccccc1)NN=Cc1cccc([N+](=O)[O-])c1. The second-order valence-electron chi connectivity index (χ2n) is 4.19. The van der Waals surface area contributed by atoms with Gasteiger partial charge in [0.05, 0.1) is 11.1 Å². The Kier molecular flexibility index (Phi) is 4.70. The second-order valence-corrected chi connectivity index (χ2v) is 4.19. The van der Waals surface area contributed by atoms with Crippen LogP contribution in [-0.4, -0.2) is 17.0 Å². The minimum atomic E-state index is -0.484. The molecule has 0 saturated heterocycles. The molecule has 1 aromatic carbocycles. The Morgan fingerprint density at radius 2 is 2.05 bits per heavy atom. The molecule has 0 spiro atoms. The highest BCUT2D eigenvalue weighted by atomic mass is 16.6. The number of hydrogen-bond donors (Lipinski definition) is 1. The fourth-order valence-corrected chi connectivity index (χ4v) is 1.64. The number of pyridine rings is 1. The average Bonchev–Trinajstić information content (AvgIpc) is 2.48. The van der Waals surface area contributed by atoms with Crippen molar-refractivity contribution in [3.8, 4) is 0 Å². The first-order valence-corrected chi connectivity index (χ1v) is 6.15. The zero-order valence-corrected chi connectivity index (χ0v) is 11.0. The summed E-state index contributed by atoms with van der Waals surface area (Å²) in [6.07, 6.45) is 4.90. The molecule has 1 heterocycles. The predicted molar refractivity (Wildman–Crippen MR) is 75.5 cm³/mol. The molecular weight excluding hydrogens is 272 g/mol. The molecule has 0 saturated carbocycles. The Bertz CT molecular complexity index is 671. The first-order valence-electron chi connectivity index (χ1n) is 6.15. The van der Waals surface area contributed by atoms with E-state index in [0.717, 1.165) is 0 Å². The van der Waals surface area contributed by atoms with Crippen molar-refractivity contribution in [2.24, 2.45) is 5.10 Å². The fraction of sp³-hybridized carbons (Fsp3) is 0.0714. The van der Waals surface area contributed by atoms with Crippen LogP contribution in [0, 0.1) is 10.1 Å². The van der Waals surface area contributed by atoms with Gasteiger partial charge in [-0.15, -0.1) is 0 Å². The summed E-state index contributed by atoms with van der Waals surface area (Å²) in [5, 5.41) is 14.4. The lowest BCUT2D eigenvalue weighted by Gasteiger charge is -1.97. The molecule has 7 nitrogen and oxygen atoms in total. The summed E-state index contributed by atoms with van der Waals surface area (Å²) in [6, 6.07) is 11.5. The standard InChI is InChI=1S/C14H12N4O3/c19-14(11-17-7-2-1-3-8-17)16-15-10-12-5-4-6-13(9-12)18(20)21/h1-10H,11H2/p+1. The molecule has 0 atom stereocenters. The van der Waals surface area contributed by atoms with Crippen LogP contribution in [-0.2, 0) is 11.3 Å². The van der Waals surface area contributed by atoms with E-state index in [1.807, 2.05) is 18.2 Å². The number of carbonyl (C=O) groups excluding carboxylic acids is 1. The highest BCUT2D eigenvalue weighted by Crippen LogP contribution is 2.11. The molecule has 106 valence electrons. The smallest absolute Gasteiger partial charge is 0.266 e. The number of nitro groups is 1. The minimum absolute atomic E-state index is 0.0230. The van der Waals surface area contributed by atoms with Crippen molar-refractivity contribution in [3.63, 3.8) is 0 Å². The fourth-order valence-electron chi connectivity index (χ4n) is 1.64. The highest BCUT2D eigenvalue weighted by molar-refractivity contribution is 5.82. The van der Waals surface area contributed by atoms with Gasteiger partial charge >= 0.3 is 5.91 Å². The maximum absolute atomic E-state index is 11.6. The largest absolute Gasteiger partial charge is 0.305 e. The molecule has 1 amide bonds. The third-order valence-electron chi connectivity index (χ3n) is 2.59. The van der Waals surface area contributed by atoms with Crippen molar-refractivity contribution in [1.82, 2.24) is 5.43 Å². The number of nitrogens with one attached hydrogen (secondary N) is 1. The first-order chi connectivity index (χ1) is 10.1. The summed E-state index contributed by atoms with van der Waals surface area (Å²) >= 11 is 0. The van der Waals surface area contributed by atoms with Crippen molar-refractivity contribution in [1.29, 1.82) is 0 Å². The van der Waals surface area contributed by atoms with Crippen LogP contribution >= 0.6 is 0 Å². The Morgan fingerprint density at radius 1 is 1.29 bits per heavy atom. The van der Waals surface area contributed by atoms with Crippen molar-refractivity contribution in [2.75, 3.05) is 0 Å². The number of non-ortho nitro benzene ring substituents is 1. The lowest BCUT2D eigenvalue weighted by molar-refractivity contribution is -0.684. The van der Waals surface area contributed by atoms with Crippen LogP contribution in [0.5, 0.6) is 0 Å². The average molecular weight is 285 g/mol. The number of carbonyl (C=O) groups is 1. The molecular formula is C14H13N4O3+. The molecule has 0 unspecified atom stereocenters. The lowest BCUT2D eigenvalue weighted by atomic mass is 10.2. The van der Waals surface area contributed by atoms with Gasteiger partial charge in [-0.05, 0) is 0 Å². The van der Waals surface area contributed by atoms with Crippen LogP contribution in [0.4, 0.5) is 5.69 Å². The topological polar surface area (TPSA) is 88.5 Å². The van der Waals surface area contributed by atoms with Gasteiger partial charge in [-0.3, -0.25) is 14.9 Å². The Morgan fingerprint density at radius 3 is 2.76 bits per heavy atom. The van der Waals surface area contributed by atoms with E-state index in [9.17, 15) is 14.9 Å². The Balaban J connectivity index is 1.91. The van der Waals surface area contributed by atoms with Gasteiger partial charge in [-0.2, -0.15) is 9.67 Å². The van der Waals surface area contributed by atoms with Crippen molar-refractivity contribution < 1.29 is 14.3 Å².